The fraction of sp³-hybridized carbons (Fsp3) is 0.263. The minimum absolute atomic E-state index is 0.206. The molecule has 2 aromatic rings. The lowest BCUT2D eigenvalue weighted by molar-refractivity contribution is -0.136. The third-order valence-corrected chi connectivity index (χ3v) is 3.45. The molecule has 0 spiro atoms. The predicted molar refractivity (Wildman–Crippen MR) is 95.8 cm³/mol. The number of nitrogens with zero attached hydrogens (tertiary/aromatic N) is 1. The number of halogens is 1. The molecule has 0 saturated heterocycles. The molecule has 0 aliphatic heterocycles. The van der Waals surface area contributed by atoms with Crippen LogP contribution in [-0.4, -0.2) is 29.9 Å². The molecule has 138 valence electrons. The Balaban J connectivity index is 2.16. The molecule has 0 aliphatic carbocycles. The number of carbonyl (C=O) groups excluding carboxylic acids is 1. The number of rotatable bonds is 7. The van der Waals surface area contributed by atoms with Crippen LogP contribution in [-0.2, 0) is 11.4 Å². The van der Waals surface area contributed by atoms with Crippen molar-refractivity contribution in [2.24, 2.45) is 5.10 Å². The van der Waals surface area contributed by atoms with Crippen molar-refractivity contribution >= 4 is 12.1 Å². The summed E-state index contributed by atoms with van der Waals surface area (Å²) in [5.41, 5.74) is 2.08. The van der Waals surface area contributed by atoms with Crippen LogP contribution in [0.1, 0.15) is 25.0 Å². The summed E-state index contributed by atoms with van der Waals surface area (Å²) in [5.74, 6) is -0.0303. The van der Waals surface area contributed by atoms with Crippen molar-refractivity contribution in [3.05, 3.63) is 59.4 Å². The molecule has 2 aromatic carbocycles. The quantitative estimate of drug-likeness (QED) is 0.588. The summed E-state index contributed by atoms with van der Waals surface area (Å²) >= 11 is 0. The number of carbonyl (C=O) groups is 1. The molecular weight excluding hydrogens is 339 g/mol. The predicted octanol–water partition coefficient (Wildman–Crippen LogP) is 2.63. The summed E-state index contributed by atoms with van der Waals surface area (Å²) in [5, 5.41) is 13.4. The molecule has 2 rings (SSSR count). The molecule has 0 unspecified atom stereocenters. The summed E-state index contributed by atoms with van der Waals surface area (Å²) in [6.07, 6.45) is 1.39. The molecule has 0 atom stereocenters. The number of aliphatic hydroxyl groups is 1. The van der Waals surface area contributed by atoms with Crippen LogP contribution in [0.15, 0.2) is 47.6 Å². The van der Waals surface area contributed by atoms with E-state index in [0.717, 1.165) is 5.56 Å². The average Bonchev–Trinajstić information content (AvgIpc) is 2.60. The van der Waals surface area contributed by atoms with Crippen LogP contribution in [0.25, 0.3) is 0 Å². The van der Waals surface area contributed by atoms with E-state index in [1.165, 1.54) is 39.3 Å². The Morgan fingerprint density at radius 3 is 2.58 bits per heavy atom. The second kappa shape index (κ2) is 8.44. The molecule has 1 amide bonds. The molecule has 7 heteroatoms. The van der Waals surface area contributed by atoms with E-state index in [0.29, 0.717) is 17.1 Å². The molecule has 0 bridgehead atoms. The number of ether oxygens (including phenoxy) is 2. The smallest absolute Gasteiger partial charge is 0.271 e. The lowest BCUT2D eigenvalue weighted by atomic mass is 10.1. The minimum Gasteiger partial charge on any atom is -0.493 e. The van der Waals surface area contributed by atoms with Crippen LogP contribution in [0, 0.1) is 5.82 Å². The van der Waals surface area contributed by atoms with Gasteiger partial charge in [0.2, 0.25) is 0 Å². The van der Waals surface area contributed by atoms with Gasteiger partial charge in [0.05, 0.1) is 13.3 Å². The van der Waals surface area contributed by atoms with E-state index >= 15 is 0 Å². The first-order valence-electron chi connectivity index (χ1n) is 7.91. The second-order valence-electron chi connectivity index (χ2n) is 6.05. The Morgan fingerprint density at radius 2 is 1.96 bits per heavy atom. The van der Waals surface area contributed by atoms with Gasteiger partial charge in [0, 0.05) is 5.56 Å². The first-order valence-corrected chi connectivity index (χ1v) is 7.91. The summed E-state index contributed by atoms with van der Waals surface area (Å²) in [4.78, 5) is 11.6. The summed E-state index contributed by atoms with van der Waals surface area (Å²) in [7, 11) is 1.51. The van der Waals surface area contributed by atoms with E-state index in [9.17, 15) is 14.3 Å². The first kappa shape index (κ1) is 19.4. The number of hydrazone groups is 1. The van der Waals surface area contributed by atoms with Gasteiger partial charge in [0.25, 0.3) is 5.91 Å². The van der Waals surface area contributed by atoms with Crippen LogP contribution >= 0.6 is 0 Å². The number of hydrogen-bond acceptors (Lipinski definition) is 5. The van der Waals surface area contributed by atoms with Crippen molar-refractivity contribution in [3.8, 4) is 11.5 Å². The fourth-order valence-electron chi connectivity index (χ4n) is 1.98. The van der Waals surface area contributed by atoms with Gasteiger partial charge in [-0.1, -0.05) is 18.2 Å². The maximum Gasteiger partial charge on any atom is 0.271 e. The minimum atomic E-state index is -1.53. The standard InChI is InChI=1S/C19H21FN2O4/c1-19(2,24)18(23)22-21-11-14-5-4-6-16(25-3)17(14)26-12-13-7-9-15(20)10-8-13/h4-11,24H,12H2,1-3H3,(H,22,23)/b21-11+. The number of hydrogen-bond donors (Lipinski definition) is 2. The zero-order valence-corrected chi connectivity index (χ0v) is 14.8. The molecule has 0 radical (unpaired) electrons. The largest absolute Gasteiger partial charge is 0.493 e. The van der Waals surface area contributed by atoms with Crippen molar-refractivity contribution in [2.45, 2.75) is 26.1 Å². The van der Waals surface area contributed by atoms with Crippen LogP contribution in [0.2, 0.25) is 0 Å². The highest BCUT2D eigenvalue weighted by atomic mass is 19.1. The number of benzene rings is 2. The lowest BCUT2D eigenvalue weighted by Gasteiger charge is -2.14. The highest BCUT2D eigenvalue weighted by molar-refractivity contribution is 5.88. The van der Waals surface area contributed by atoms with Gasteiger partial charge in [-0.3, -0.25) is 4.79 Å². The number of para-hydroxylation sites is 1. The third-order valence-electron chi connectivity index (χ3n) is 3.45. The van der Waals surface area contributed by atoms with E-state index in [1.807, 2.05) is 0 Å². The van der Waals surface area contributed by atoms with Crippen LogP contribution < -0.4 is 14.9 Å². The van der Waals surface area contributed by atoms with Gasteiger partial charge in [-0.25, -0.2) is 9.82 Å². The fourth-order valence-corrected chi connectivity index (χ4v) is 1.98. The maximum atomic E-state index is 13.0. The third kappa shape index (κ3) is 5.29. The van der Waals surface area contributed by atoms with Crippen LogP contribution in [0.5, 0.6) is 11.5 Å². The molecule has 0 aliphatic rings. The van der Waals surface area contributed by atoms with Gasteiger partial charge in [-0.15, -0.1) is 0 Å². The van der Waals surface area contributed by atoms with Gasteiger partial charge < -0.3 is 14.6 Å². The molecular formula is C19H21FN2O4. The molecule has 26 heavy (non-hydrogen) atoms. The Hall–Kier alpha value is -2.93. The topological polar surface area (TPSA) is 80.2 Å². The van der Waals surface area contributed by atoms with E-state index in [1.54, 1.807) is 30.3 Å². The summed E-state index contributed by atoms with van der Waals surface area (Å²) in [6, 6.07) is 11.2. The van der Waals surface area contributed by atoms with E-state index in [2.05, 4.69) is 10.5 Å². The Labute approximate surface area is 151 Å². The van der Waals surface area contributed by atoms with Gasteiger partial charge in [0.1, 0.15) is 18.0 Å². The number of methoxy groups -OCH3 is 1. The SMILES string of the molecule is COc1cccc(/C=N/NC(=O)C(C)(C)O)c1OCc1ccc(F)cc1. The van der Waals surface area contributed by atoms with Crippen molar-refractivity contribution in [2.75, 3.05) is 7.11 Å². The first-order chi connectivity index (χ1) is 12.3. The second-order valence-corrected chi connectivity index (χ2v) is 6.05. The zero-order chi connectivity index (χ0) is 19.2. The van der Waals surface area contributed by atoms with Gasteiger partial charge in [-0.05, 0) is 43.7 Å². The summed E-state index contributed by atoms with van der Waals surface area (Å²) < 4.78 is 24.1. The number of amides is 1. The van der Waals surface area contributed by atoms with Crippen molar-refractivity contribution in [3.63, 3.8) is 0 Å². The molecule has 0 aromatic heterocycles. The van der Waals surface area contributed by atoms with E-state index < -0.39 is 11.5 Å². The highest BCUT2D eigenvalue weighted by Crippen LogP contribution is 2.30. The lowest BCUT2D eigenvalue weighted by Crippen LogP contribution is -2.39. The molecule has 0 heterocycles. The van der Waals surface area contributed by atoms with Crippen LogP contribution in [0.4, 0.5) is 4.39 Å². The summed E-state index contributed by atoms with van der Waals surface area (Å²) in [6.45, 7) is 2.93. The zero-order valence-electron chi connectivity index (χ0n) is 14.8. The molecule has 0 saturated carbocycles. The monoisotopic (exact) mass is 360 g/mol. The Morgan fingerprint density at radius 1 is 1.27 bits per heavy atom. The molecule has 2 N–H and O–H groups in total. The van der Waals surface area contributed by atoms with Gasteiger partial charge in [-0.2, -0.15) is 5.10 Å². The average molecular weight is 360 g/mol. The van der Waals surface area contributed by atoms with Crippen molar-refractivity contribution in [1.29, 1.82) is 0 Å². The Kier molecular flexibility index (Phi) is 6.30. The molecule has 0 fully saturated rings. The van der Waals surface area contributed by atoms with Crippen LogP contribution in [0.3, 0.4) is 0 Å². The van der Waals surface area contributed by atoms with Crippen molar-refractivity contribution < 1.29 is 23.8 Å². The van der Waals surface area contributed by atoms with E-state index in [-0.39, 0.29) is 12.4 Å². The number of nitrogens with one attached hydrogen (secondary N) is 1. The Bertz CT molecular complexity index is 783. The van der Waals surface area contributed by atoms with Gasteiger partial charge >= 0.3 is 0 Å². The normalized spacial score (nSPS) is 11.4. The van der Waals surface area contributed by atoms with Crippen molar-refractivity contribution in [1.82, 2.24) is 5.43 Å². The molecule has 6 nitrogen and oxygen atoms in total. The highest BCUT2D eigenvalue weighted by Gasteiger charge is 2.23. The van der Waals surface area contributed by atoms with E-state index in [4.69, 9.17) is 9.47 Å². The maximum absolute atomic E-state index is 13.0. The van der Waals surface area contributed by atoms with Gasteiger partial charge in [0.15, 0.2) is 11.5 Å².